The van der Waals surface area contributed by atoms with Gasteiger partial charge >= 0.3 is 0 Å². The van der Waals surface area contributed by atoms with Crippen molar-refractivity contribution < 1.29 is 15.0 Å². The highest BCUT2D eigenvalue weighted by Crippen LogP contribution is 2.08. The number of halogens is 2. The first-order chi connectivity index (χ1) is 8.11. The van der Waals surface area contributed by atoms with Crippen LogP contribution in [0.15, 0.2) is 18.2 Å². The van der Waals surface area contributed by atoms with Crippen molar-refractivity contribution in [2.45, 2.75) is 40.2 Å². The molecule has 4 heteroatoms. The number of hydrogen-bond donors (Lipinski definition) is 1. The van der Waals surface area contributed by atoms with Gasteiger partial charge in [0.1, 0.15) is 17.9 Å². The lowest BCUT2D eigenvalue weighted by atomic mass is 10.1. The van der Waals surface area contributed by atoms with E-state index < -0.39 is 17.7 Å². The zero-order chi connectivity index (χ0) is 13.8. The third-order valence-electron chi connectivity index (χ3n) is 1.57. The van der Waals surface area contributed by atoms with Crippen LogP contribution in [0.1, 0.15) is 34.7 Å². The van der Waals surface area contributed by atoms with Crippen molar-refractivity contribution in [3.63, 3.8) is 0 Å². The molecule has 0 aromatic heterocycles. The summed E-state index contributed by atoms with van der Waals surface area (Å²) in [6, 6.07) is 2.38. The molecule has 2 nitrogen and oxygen atoms in total. The molecule has 100 valence electrons. The van der Waals surface area contributed by atoms with Gasteiger partial charge in [-0.1, -0.05) is 27.7 Å². The van der Waals surface area contributed by atoms with Crippen LogP contribution >= 0.6 is 0 Å². The van der Waals surface area contributed by atoms with Gasteiger partial charge < -0.3 is 10.5 Å². The molecule has 0 spiro atoms. The average molecular weight is 247 g/mol. The van der Waals surface area contributed by atoms with Gasteiger partial charge in [-0.3, -0.25) is 0 Å². The Morgan fingerprint density at radius 3 is 1.94 bits per heavy atom. The molecule has 2 N–H and O–H groups in total. The van der Waals surface area contributed by atoms with Crippen molar-refractivity contribution in [1.82, 2.24) is 0 Å². The maximum absolute atomic E-state index is 12.6. The number of carbonyl (C=O) groups excluding carboxylic acids is 1. The highest BCUT2D eigenvalue weighted by molar-refractivity contribution is 5.57. The van der Waals surface area contributed by atoms with E-state index in [4.69, 9.17) is 5.73 Å². The van der Waals surface area contributed by atoms with Crippen molar-refractivity contribution in [1.29, 1.82) is 0 Å². The molecule has 1 aromatic rings. The first-order valence-corrected chi connectivity index (χ1v) is 5.77. The summed E-state index contributed by atoms with van der Waals surface area (Å²) in [4.78, 5) is 10.2. The fourth-order valence-electron chi connectivity index (χ4n) is 1.05. The van der Waals surface area contributed by atoms with Crippen LogP contribution in [0.2, 0.25) is 0 Å². The first kappa shape index (κ1) is 18.1. The van der Waals surface area contributed by atoms with E-state index in [1.54, 1.807) is 0 Å². The quantitative estimate of drug-likeness (QED) is 0.832. The summed E-state index contributed by atoms with van der Waals surface area (Å²) >= 11 is 0. The summed E-state index contributed by atoms with van der Waals surface area (Å²) in [6.45, 7) is 8.00. The van der Waals surface area contributed by atoms with Crippen molar-refractivity contribution in [2.75, 3.05) is 0 Å². The highest BCUT2D eigenvalue weighted by Gasteiger charge is 2.05. The van der Waals surface area contributed by atoms with Crippen molar-refractivity contribution in [2.24, 2.45) is 5.73 Å². The molecule has 17 heavy (non-hydrogen) atoms. The first-order valence-electron chi connectivity index (χ1n) is 5.77. The number of rotatable bonds is 3. The van der Waals surface area contributed by atoms with Gasteiger partial charge in [0, 0.05) is 7.49 Å². The third kappa shape index (κ3) is 8.51. The van der Waals surface area contributed by atoms with Gasteiger partial charge in [0.05, 0.1) is 6.04 Å². The lowest BCUT2D eigenvalue weighted by Crippen LogP contribution is -2.24. The summed E-state index contributed by atoms with van der Waals surface area (Å²) in [7, 11) is 0. The van der Waals surface area contributed by atoms with Gasteiger partial charge in [-0.05, 0) is 24.1 Å². The second-order valence-electron chi connectivity index (χ2n) is 2.78. The lowest BCUT2D eigenvalue weighted by molar-refractivity contribution is -0.108. The molecule has 0 amide bonds. The van der Waals surface area contributed by atoms with Crippen molar-refractivity contribution >= 4 is 6.29 Å². The van der Waals surface area contributed by atoms with Crippen LogP contribution in [0.3, 0.4) is 0 Å². The van der Waals surface area contributed by atoms with Gasteiger partial charge in [0.15, 0.2) is 0 Å². The van der Waals surface area contributed by atoms with E-state index in [2.05, 4.69) is 0 Å². The molecule has 0 aliphatic heterocycles. The molecule has 0 aliphatic carbocycles. The SMILES string of the molecule is CC.CC.N[C@H](C=O)Cc1cc(F)cc(F)c1.[HH]. The van der Waals surface area contributed by atoms with E-state index in [0.717, 1.165) is 18.2 Å². The van der Waals surface area contributed by atoms with Crippen LogP contribution in [0.4, 0.5) is 8.78 Å². The zero-order valence-corrected chi connectivity index (χ0v) is 10.8. The van der Waals surface area contributed by atoms with E-state index in [1.165, 1.54) is 0 Å². The van der Waals surface area contributed by atoms with Crippen molar-refractivity contribution in [3.05, 3.63) is 35.4 Å². The Balaban J connectivity index is -0.000000409. The van der Waals surface area contributed by atoms with Crippen LogP contribution in [0.25, 0.3) is 0 Å². The van der Waals surface area contributed by atoms with E-state index in [-0.39, 0.29) is 7.85 Å². The number of aldehydes is 1. The van der Waals surface area contributed by atoms with E-state index in [0.29, 0.717) is 11.8 Å². The smallest absolute Gasteiger partial charge is 0.137 e. The minimum Gasteiger partial charge on any atom is -0.321 e. The molecule has 0 heterocycles. The zero-order valence-electron chi connectivity index (χ0n) is 10.8. The molecule has 0 saturated heterocycles. The molecule has 0 aliphatic rings. The second-order valence-corrected chi connectivity index (χ2v) is 2.78. The Morgan fingerprint density at radius 1 is 1.18 bits per heavy atom. The van der Waals surface area contributed by atoms with Crippen LogP contribution in [-0.2, 0) is 11.2 Å². The van der Waals surface area contributed by atoms with Gasteiger partial charge in [-0.15, -0.1) is 0 Å². The number of benzene rings is 1. The summed E-state index contributed by atoms with van der Waals surface area (Å²) in [5.41, 5.74) is 5.68. The second kappa shape index (κ2) is 11.2. The fraction of sp³-hybridized carbons (Fsp3) is 0.462. The monoisotopic (exact) mass is 247 g/mol. The molecule has 0 fully saturated rings. The molecule has 1 aromatic carbocycles. The summed E-state index contributed by atoms with van der Waals surface area (Å²) in [5, 5.41) is 0. The number of nitrogens with two attached hydrogens (primary N) is 1. The van der Waals surface area contributed by atoms with E-state index >= 15 is 0 Å². The van der Waals surface area contributed by atoms with Gasteiger partial charge in [0.25, 0.3) is 0 Å². The molecular formula is C13H23F2NO. The Hall–Kier alpha value is -1.29. The minimum atomic E-state index is -0.707. The van der Waals surface area contributed by atoms with E-state index in [1.807, 2.05) is 27.7 Å². The normalized spacial score (nSPS) is 10.3. The minimum absolute atomic E-state index is 0. The molecule has 0 radical (unpaired) electrons. The number of carbonyl (C=O) groups is 1. The maximum atomic E-state index is 12.6. The topological polar surface area (TPSA) is 43.1 Å². The fourth-order valence-corrected chi connectivity index (χ4v) is 1.05. The van der Waals surface area contributed by atoms with Crippen molar-refractivity contribution in [3.8, 4) is 0 Å². The lowest BCUT2D eigenvalue weighted by Gasteiger charge is -2.03. The molecule has 1 atom stereocenters. The number of hydrogen-bond acceptors (Lipinski definition) is 2. The average Bonchev–Trinajstić information content (AvgIpc) is 2.32. The van der Waals surface area contributed by atoms with Crippen LogP contribution < -0.4 is 5.73 Å². The Bertz CT molecular complexity index is 302. The largest absolute Gasteiger partial charge is 0.321 e. The molecule has 1 rings (SSSR count). The Labute approximate surface area is 103 Å². The Kier molecular flexibility index (Phi) is 11.9. The predicted octanol–water partition coefficient (Wildman–Crippen LogP) is 3.33. The summed E-state index contributed by atoms with van der Waals surface area (Å²) in [5.74, 6) is -1.32. The highest BCUT2D eigenvalue weighted by atomic mass is 19.1. The molecule has 0 unspecified atom stereocenters. The van der Waals surface area contributed by atoms with Gasteiger partial charge in [-0.25, -0.2) is 8.78 Å². The summed E-state index contributed by atoms with van der Waals surface area (Å²) < 4.78 is 25.2. The Morgan fingerprint density at radius 2 is 1.59 bits per heavy atom. The molecule has 0 saturated carbocycles. The predicted molar refractivity (Wildman–Crippen MR) is 68.9 cm³/mol. The summed E-state index contributed by atoms with van der Waals surface area (Å²) in [6.07, 6.45) is 0.695. The third-order valence-corrected chi connectivity index (χ3v) is 1.57. The van der Waals surface area contributed by atoms with Crippen LogP contribution in [0, 0.1) is 11.6 Å². The standard InChI is InChI=1S/C9H9F2NO.2C2H6.H2/c10-7-1-6(2-8(11)4-7)3-9(12)5-13;2*1-2;/h1-2,4-5,9H,3,12H2;2*1-2H3;1H/t9-;;;/m0.../s1. The van der Waals surface area contributed by atoms with E-state index in [9.17, 15) is 13.6 Å². The maximum Gasteiger partial charge on any atom is 0.137 e. The van der Waals surface area contributed by atoms with Gasteiger partial charge in [0.2, 0.25) is 0 Å². The van der Waals surface area contributed by atoms with Gasteiger partial charge in [-0.2, -0.15) is 0 Å². The van der Waals surface area contributed by atoms with Crippen LogP contribution in [0.5, 0.6) is 0 Å². The van der Waals surface area contributed by atoms with Crippen LogP contribution in [-0.4, -0.2) is 12.3 Å². The molecule has 0 bridgehead atoms. The molecular weight excluding hydrogens is 224 g/mol.